The van der Waals surface area contributed by atoms with Crippen LogP contribution in [0.1, 0.15) is 84.0 Å². The van der Waals surface area contributed by atoms with Gasteiger partial charge in [0.1, 0.15) is 12.6 Å². The number of allylic oxidation sites excluding steroid dienone is 3. The van der Waals surface area contributed by atoms with Crippen LogP contribution in [0.15, 0.2) is 83.8 Å². The minimum absolute atomic E-state index is 0.000328. The van der Waals surface area contributed by atoms with Crippen LogP contribution in [0.25, 0.3) is 4.98 Å². The second-order valence-corrected chi connectivity index (χ2v) is 14.7. The summed E-state index contributed by atoms with van der Waals surface area (Å²) in [5.41, 5.74) is 0.750. The van der Waals surface area contributed by atoms with Crippen molar-refractivity contribution in [3.05, 3.63) is 83.9 Å². The maximum absolute atomic E-state index is 13.0. The molecule has 2 rings (SSSR count). The summed E-state index contributed by atoms with van der Waals surface area (Å²) >= 11 is -0.882. The molecular formula is C39H55N5O9S2. The van der Waals surface area contributed by atoms with Gasteiger partial charge >= 0.3 is 23.7 Å². The molecule has 0 spiro atoms. The Kier molecular flexibility index (Phi) is 26.2. The van der Waals surface area contributed by atoms with Gasteiger partial charge < -0.3 is 30.5 Å². The molecule has 0 aliphatic carbocycles. The Bertz CT molecular complexity index is 1550. The number of aliphatic hydroxyl groups excluding tert-OH is 1. The van der Waals surface area contributed by atoms with Gasteiger partial charge in [-0.05, 0) is 61.0 Å². The van der Waals surface area contributed by atoms with Crippen LogP contribution in [-0.4, -0.2) is 84.7 Å². The Morgan fingerprint density at radius 1 is 0.927 bits per heavy atom. The highest BCUT2D eigenvalue weighted by molar-refractivity contribution is 8.00. The lowest BCUT2D eigenvalue weighted by molar-refractivity contribution is -0.138. The van der Waals surface area contributed by atoms with E-state index in [9.17, 15) is 33.0 Å². The van der Waals surface area contributed by atoms with E-state index in [4.69, 9.17) is 15.6 Å². The summed E-state index contributed by atoms with van der Waals surface area (Å²) in [6.07, 6.45) is 17.9. The molecule has 0 aliphatic heterocycles. The lowest BCUT2D eigenvalue weighted by Crippen LogP contribution is -2.52. The Balaban J connectivity index is 0.00000146. The number of unbranched alkanes of at least 4 members (excludes halogenated alkanes) is 8. The van der Waals surface area contributed by atoms with Gasteiger partial charge in [-0.3, -0.25) is 23.5 Å². The first-order valence-corrected chi connectivity index (χ1v) is 20.5. The largest absolute Gasteiger partial charge is 0.768 e. The zero-order chi connectivity index (χ0) is 40.8. The predicted molar refractivity (Wildman–Crippen MR) is 215 cm³/mol. The second kappa shape index (κ2) is 29.8. The standard InChI is InChI=1S/C33H49N5O7S.C6H6O2S/c1-3-4-5-6-7-8-9-10-11-12-13-14-17-29(28(39)16-15-18-30(40)41)46-24-27(32(44)35-23-31(42)43)36-33(45)38(2)26-21-19-25(37-34)20-22-26;7-9(8)6-4-2-1-3-5-6/h12-14,17,19-22,27-29,39H,3-11,15-16,18,23-24H2,1-2H3,(H3-,35,36,40,41,42,43,44,45);1-5H,(H,7,8)/b13-12+,17-14-;/t27-,28-,29+;/m0./s1. The molecule has 4 atom stereocenters. The minimum atomic E-state index is -2.08. The van der Waals surface area contributed by atoms with Gasteiger partial charge in [-0.15, -0.1) is 11.8 Å². The molecule has 2 aromatic carbocycles. The van der Waals surface area contributed by atoms with Crippen molar-refractivity contribution >= 4 is 58.1 Å². The molecule has 0 fully saturated rings. The Labute approximate surface area is 330 Å². The fourth-order valence-corrected chi connectivity index (χ4v) is 6.57. The Morgan fingerprint density at radius 2 is 1.56 bits per heavy atom. The summed E-state index contributed by atoms with van der Waals surface area (Å²) in [4.78, 5) is 52.7. The second-order valence-electron chi connectivity index (χ2n) is 12.6. The third kappa shape index (κ3) is 23.1. The van der Waals surface area contributed by atoms with E-state index in [0.29, 0.717) is 16.3 Å². The van der Waals surface area contributed by atoms with Crippen LogP contribution in [0, 0.1) is 5.39 Å². The number of anilines is 1. The number of hydrogen-bond acceptors (Lipinski definition) is 9. The van der Waals surface area contributed by atoms with Crippen LogP contribution in [-0.2, 0) is 25.5 Å². The number of urea groups is 1. The van der Waals surface area contributed by atoms with Crippen LogP contribution >= 0.6 is 11.8 Å². The zero-order valence-corrected chi connectivity index (χ0v) is 33.2. The van der Waals surface area contributed by atoms with E-state index in [1.807, 2.05) is 12.2 Å². The highest BCUT2D eigenvalue weighted by Gasteiger charge is 2.26. The molecule has 0 aromatic heterocycles. The average Bonchev–Trinajstić information content (AvgIpc) is 3.17. The third-order valence-electron chi connectivity index (χ3n) is 8.12. The molecule has 0 saturated heterocycles. The lowest BCUT2D eigenvalue weighted by atomic mass is 10.1. The molecule has 55 heavy (non-hydrogen) atoms. The quantitative estimate of drug-likeness (QED) is 0.0293. The summed E-state index contributed by atoms with van der Waals surface area (Å²) in [6, 6.07) is 12.6. The van der Waals surface area contributed by atoms with E-state index < -0.39 is 58.9 Å². The number of carbonyl (C=O) groups is 4. The summed E-state index contributed by atoms with van der Waals surface area (Å²) < 4.78 is 20.4. The smallest absolute Gasteiger partial charge is 0.385 e. The Hall–Kier alpha value is -4.56. The summed E-state index contributed by atoms with van der Waals surface area (Å²) in [5.74, 6) is -2.91. The van der Waals surface area contributed by atoms with Crippen molar-refractivity contribution < 1.29 is 43.3 Å². The third-order valence-corrected chi connectivity index (χ3v) is 10.2. The number of carbonyl (C=O) groups excluding carboxylic acids is 2. The van der Waals surface area contributed by atoms with Crippen LogP contribution in [0.4, 0.5) is 16.2 Å². The summed E-state index contributed by atoms with van der Waals surface area (Å²) in [5, 5.41) is 42.2. The number of carboxylic acids is 2. The van der Waals surface area contributed by atoms with Gasteiger partial charge in [0, 0.05) is 47.2 Å². The monoisotopic (exact) mass is 801 g/mol. The van der Waals surface area contributed by atoms with Crippen molar-refractivity contribution in [2.45, 2.75) is 106 Å². The first-order chi connectivity index (χ1) is 26.4. The number of nitrogens with one attached hydrogen (secondary N) is 2. The molecule has 2 aromatic rings. The Morgan fingerprint density at radius 3 is 2.13 bits per heavy atom. The summed E-state index contributed by atoms with van der Waals surface area (Å²) in [7, 11) is 1.48. The molecular weight excluding hydrogens is 747 g/mol. The number of aliphatic carboxylic acids is 2. The van der Waals surface area contributed by atoms with Gasteiger partial charge in [0.25, 0.3) is 0 Å². The first-order valence-electron chi connectivity index (χ1n) is 18.4. The molecule has 302 valence electrons. The lowest BCUT2D eigenvalue weighted by Gasteiger charge is -2.25. The van der Waals surface area contributed by atoms with E-state index in [-0.39, 0.29) is 25.0 Å². The van der Waals surface area contributed by atoms with Crippen LogP contribution < -0.4 is 15.5 Å². The van der Waals surface area contributed by atoms with Gasteiger partial charge in [-0.2, -0.15) is 0 Å². The van der Waals surface area contributed by atoms with Crippen molar-refractivity contribution in [2.75, 3.05) is 24.2 Å². The molecule has 0 bridgehead atoms. The molecule has 1 unspecified atom stereocenters. The maximum atomic E-state index is 13.0. The molecule has 16 heteroatoms. The van der Waals surface area contributed by atoms with Gasteiger partial charge in [-0.1, -0.05) is 94.4 Å². The van der Waals surface area contributed by atoms with Gasteiger partial charge in [0.15, 0.2) is 4.98 Å². The normalized spacial score (nSPS) is 13.1. The number of carboxylic acid groups (broad SMARTS) is 2. The zero-order valence-electron chi connectivity index (χ0n) is 31.6. The molecule has 5 N–H and O–H groups in total. The number of amides is 3. The summed E-state index contributed by atoms with van der Waals surface area (Å²) in [6.45, 7) is 1.57. The minimum Gasteiger partial charge on any atom is -0.768 e. The molecule has 0 heterocycles. The van der Waals surface area contributed by atoms with Crippen molar-refractivity contribution in [1.29, 1.82) is 5.39 Å². The average molecular weight is 802 g/mol. The maximum Gasteiger partial charge on any atom is 0.385 e. The van der Waals surface area contributed by atoms with Crippen LogP contribution in [0.2, 0.25) is 0 Å². The number of thioether (sulfide) groups is 1. The van der Waals surface area contributed by atoms with Crippen molar-refractivity contribution in [3.8, 4) is 0 Å². The van der Waals surface area contributed by atoms with E-state index in [2.05, 4.69) is 28.6 Å². The van der Waals surface area contributed by atoms with E-state index in [1.54, 1.807) is 48.5 Å². The topological polar surface area (TPSA) is 225 Å². The molecule has 14 nitrogen and oxygen atoms in total. The SMILES string of the molecule is CCCCCCCCCC/C=C/C=C\[C@@H](SC[C@H](NC(=O)N(C)c1ccc([N+]#N)cc1)C(=O)NCC(=O)O)[C@@H](O)CCCC(=O)O.O=S([O-])c1ccccc1. The first kappa shape index (κ1) is 48.5. The van der Waals surface area contributed by atoms with Crippen molar-refractivity contribution in [2.24, 2.45) is 0 Å². The fourth-order valence-electron chi connectivity index (χ4n) is 4.98. The molecule has 0 radical (unpaired) electrons. The van der Waals surface area contributed by atoms with Crippen LogP contribution in [0.5, 0.6) is 0 Å². The van der Waals surface area contributed by atoms with Gasteiger partial charge in [0.2, 0.25) is 11.3 Å². The van der Waals surface area contributed by atoms with Gasteiger partial charge in [-0.25, -0.2) is 4.79 Å². The fraction of sp³-hybridized carbons (Fsp3) is 0.487. The molecule has 0 saturated carbocycles. The van der Waals surface area contributed by atoms with E-state index >= 15 is 0 Å². The highest BCUT2D eigenvalue weighted by atomic mass is 32.2. The van der Waals surface area contributed by atoms with Gasteiger partial charge in [0.05, 0.1) is 6.10 Å². The highest BCUT2D eigenvalue weighted by Crippen LogP contribution is 2.23. The van der Waals surface area contributed by atoms with Crippen LogP contribution in [0.3, 0.4) is 0 Å². The molecule has 3 amide bonds. The number of diazo groups is 1. The van der Waals surface area contributed by atoms with Crippen molar-refractivity contribution in [3.63, 3.8) is 0 Å². The number of aliphatic hydroxyl groups is 1. The number of nitrogens with zero attached hydrogens (tertiary/aromatic N) is 3. The predicted octanol–water partition coefficient (Wildman–Crippen LogP) is 7.17. The van der Waals surface area contributed by atoms with E-state index in [1.165, 1.54) is 80.8 Å². The molecule has 0 aliphatic rings. The number of benzene rings is 2. The van der Waals surface area contributed by atoms with Crippen molar-refractivity contribution in [1.82, 2.24) is 10.6 Å². The van der Waals surface area contributed by atoms with E-state index in [0.717, 1.165) is 12.8 Å². The number of rotatable bonds is 25. The number of hydrogen-bond donors (Lipinski definition) is 5.